The quantitative estimate of drug-likeness (QED) is 0.730. The van der Waals surface area contributed by atoms with Crippen molar-refractivity contribution in [3.05, 3.63) is 12.2 Å². The summed E-state index contributed by atoms with van der Waals surface area (Å²) in [4.78, 5) is 11.3. The van der Waals surface area contributed by atoms with E-state index in [4.69, 9.17) is 4.74 Å². The molecule has 0 saturated heterocycles. The molecule has 16 heavy (non-hydrogen) atoms. The predicted octanol–water partition coefficient (Wildman–Crippen LogP) is 3.50. The molecule has 0 radical (unpaired) electrons. The molecule has 0 rings (SSSR count). The van der Waals surface area contributed by atoms with Gasteiger partial charge in [-0.1, -0.05) is 26.0 Å². The molecule has 0 aliphatic carbocycles. The van der Waals surface area contributed by atoms with Gasteiger partial charge >= 0.3 is 6.09 Å². The monoisotopic (exact) mass is 227 g/mol. The maximum Gasteiger partial charge on any atom is 0.407 e. The van der Waals surface area contributed by atoms with E-state index in [2.05, 4.69) is 25.2 Å². The molecule has 1 N–H and O–H groups in total. The van der Waals surface area contributed by atoms with Gasteiger partial charge in [-0.25, -0.2) is 4.79 Å². The third-order valence-electron chi connectivity index (χ3n) is 2.22. The van der Waals surface area contributed by atoms with Gasteiger partial charge in [-0.2, -0.15) is 0 Å². The van der Waals surface area contributed by atoms with E-state index in [9.17, 15) is 4.79 Å². The lowest BCUT2D eigenvalue weighted by Crippen LogP contribution is -2.32. The second-order valence-corrected chi connectivity index (χ2v) is 4.89. The zero-order chi connectivity index (χ0) is 12.6. The largest absolute Gasteiger partial charge is 0.444 e. The Balaban J connectivity index is 3.77. The third-order valence-corrected chi connectivity index (χ3v) is 2.22. The van der Waals surface area contributed by atoms with Crippen LogP contribution < -0.4 is 5.32 Å². The Morgan fingerprint density at radius 3 is 2.31 bits per heavy atom. The summed E-state index contributed by atoms with van der Waals surface area (Å²) in [5, 5.41) is 2.69. The summed E-state index contributed by atoms with van der Waals surface area (Å²) >= 11 is 0. The second-order valence-electron chi connectivity index (χ2n) is 4.89. The molecule has 0 atom stereocenters. The number of allylic oxidation sites excluding steroid dienone is 1. The highest BCUT2D eigenvalue weighted by atomic mass is 16.6. The molecule has 0 bridgehead atoms. The minimum absolute atomic E-state index is 0.360. The van der Waals surface area contributed by atoms with Crippen LogP contribution in [0.5, 0.6) is 0 Å². The molecular formula is C13H25NO2. The van der Waals surface area contributed by atoms with E-state index in [1.165, 1.54) is 0 Å². The Hall–Kier alpha value is -0.990. The van der Waals surface area contributed by atoms with Crippen LogP contribution >= 0.6 is 0 Å². The van der Waals surface area contributed by atoms with Crippen molar-refractivity contribution in [1.82, 2.24) is 5.32 Å². The minimum Gasteiger partial charge on any atom is -0.444 e. The first-order chi connectivity index (χ1) is 7.39. The van der Waals surface area contributed by atoms with Gasteiger partial charge in [-0.05, 0) is 39.5 Å². The molecular weight excluding hydrogens is 202 g/mol. The number of hydrogen-bond acceptors (Lipinski definition) is 2. The number of alkyl carbamates (subject to hydrolysis) is 1. The fraction of sp³-hybridized carbons (Fsp3) is 0.769. The van der Waals surface area contributed by atoms with E-state index in [0.717, 1.165) is 12.8 Å². The summed E-state index contributed by atoms with van der Waals surface area (Å²) in [7, 11) is 0. The van der Waals surface area contributed by atoms with Crippen LogP contribution in [0.3, 0.4) is 0 Å². The van der Waals surface area contributed by atoms with Crippen LogP contribution in [0.4, 0.5) is 4.79 Å². The van der Waals surface area contributed by atoms with Gasteiger partial charge in [0, 0.05) is 6.54 Å². The highest BCUT2D eigenvalue weighted by Gasteiger charge is 2.14. The molecule has 0 aliphatic rings. The number of nitrogens with one attached hydrogen (secondary N) is 1. The lowest BCUT2D eigenvalue weighted by atomic mass is 10.0. The van der Waals surface area contributed by atoms with Crippen LogP contribution in [-0.4, -0.2) is 18.2 Å². The van der Waals surface area contributed by atoms with Crippen LogP contribution in [0, 0.1) is 5.92 Å². The van der Waals surface area contributed by atoms with E-state index in [1.807, 2.05) is 26.8 Å². The van der Waals surface area contributed by atoms with Crippen LogP contribution in [0.15, 0.2) is 12.2 Å². The van der Waals surface area contributed by atoms with Crippen molar-refractivity contribution in [2.75, 3.05) is 6.54 Å². The molecule has 0 aromatic carbocycles. The lowest BCUT2D eigenvalue weighted by Gasteiger charge is -2.19. The summed E-state index contributed by atoms with van der Waals surface area (Å²) < 4.78 is 5.11. The van der Waals surface area contributed by atoms with Crippen LogP contribution in [0.25, 0.3) is 0 Å². The Kier molecular flexibility index (Phi) is 6.86. The molecule has 0 aromatic rings. The Morgan fingerprint density at radius 2 is 1.88 bits per heavy atom. The van der Waals surface area contributed by atoms with Crippen molar-refractivity contribution in [2.45, 2.75) is 53.1 Å². The number of hydrogen-bond donors (Lipinski definition) is 1. The molecule has 0 aromatic heterocycles. The number of amides is 1. The summed E-state index contributed by atoms with van der Waals surface area (Å²) in [6.07, 6.45) is 6.05. The smallest absolute Gasteiger partial charge is 0.407 e. The van der Waals surface area contributed by atoms with Gasteiger partial charge in [0.1, 0.15) is 5.60 Å². The molecule has 94 valence electrons. The van der Waals surface area contributed by atoms with Gasteiger partial charge in [0.15, 0.2) is 0 Å². The first-order valence-electron chi connectivity index (χ1n) is 6.02. The third kappa shape index (κ3) is 8.33. The van der Waals surface area contributed by atoms with Gasteiger partial charge in [0.05, 0.1) is 0 Å². The van der Waals surface area contributed by atoms with E-state index < -0.39 is 5.60 Å². The molecule has 1 amide bonds. The summed E-state index contributed by atoms with van der Waals surface area (Å²) in [6, 6.07) is 0. The fourth-order valence-electron chi connectivity index (χ4n) is 1.28. The van der Waals surface area contributed by atoms with E-state index in [1.54, 1.807) is 0 Å². The highest BCUT2D eigenvalue weighted by molar-refractivity contribution is 5.67. The summed E-state index contributed by atoms with van der Waals surface area (Å²) in [5.41, 5.74) is -0.427. The zero-order valence-corrected chi connectivity index (χ0v) is 11.2. The second kappa shape index (κ2) is 7.31. The van der Waals surface area contributed by atoms with Crippen LogP contribution in [0.1, 0.15) is 47.5 Å². The van der Waals surface area contributed by atoms with Gasteiger partial charge in [-0.3, -0.25) is 0 Å². The molecule has 0 spiro atoms. The van der Waals surface area contributed by atoms with E-state index in [0.29, 0.717) is 12.5 Å². The topological polar surface area (TPSA) is 38.3 Å². The average molecular weight is 227 g/mol. The molecule has 0 saturated carbocycles. The lowest BCUT2D eigenvalue weighted by molar-refractivity contribution is 0.0534. The first kappa shape index (κ1) is 15.0. The molecule has 0 fully saturated rings. The SMILES string of the molecule is CCC(/C=C\CNC(=O)OC(C)(C)C)CC. The Labute approximate surface area is 99.3 Å². The van der Waals surface area contributed by atoms with Crippen molar-refractivity contribution in [3.63, 3.8) is 0 Å². The minimum atomic E-state index is -0.427. The number of rotatable bonds is 5. The maximum absolute atomic E-state index is 11.3. The molecule has 0 aliphatic heterocycles. The maximum atomic E-state index is 11.3. The molecule has 0 heterocycles. The first-order valence-corrected chi connectivity index (χ1v) is 6.02. The van der Waals surface area contributed by atoms with Crippen molar-refractivity contribution < 1.29 is 9.53 Å². The van der Waals surface area contributed by atoms with Crippen LogP contribution in [0.2, 0.25) is 0 Å². The zero-order valence-electron chi connectivity index (χ0n) is 11.2. The predicted molar refractivity (Wildman–Crippen MR) is 67.4 cm³/mol. The van der Waals surface area contributed by atoms with Gasteiger partial charge in [0.25, 0.3) is 0 Å². The Bertz CT molecular complexity index is 225. The van der Waals surface area contributed by atoms with Crippen molar-refractivity contribution >= 4 is 6.09 Å². The van der Waals surface area contributed by atoms with E-state index in [-0.39, 0.29) is 6.09 Å². The van der Waals surface area contributed by atoms with Gasteiger partial charge in [0.2, 0.25) is 0 Å². The summed E-state index contributed by atoms with van der Waals surface area (Å²) in [6.45, 7) is 10.4. The fourth-order valence-corrected chi connectivity index (χ4v) is 1.28. The summed E-state index contributed by atoms with van der Waals surface area (Å²) in [5.74, 6) is 0.612. The van der Waals surface area contributed by atoms with Gasteiger partial charge in [-0.15, -0.1) is 0 Å². The van der Waals surface area contributed by atoms with Gasteiger partial charge < -0.3 is 10.1 Å². The Morgan fingerprint density at radius 1 is 1.31 bits per heavy atom. The number of carbonyl (C=O) groups excluding carboxylic acids is 1. The van der Waals surface area contributed by atoms with E-state index >= 15 is 0 Å². The average Bonchev–Trinajstić information content (AvgIpc) is 2.15. The number of ether oxygens (including phenoxy) is 1. The van der Waals surface area contributed by atoms with Crippen molar-refractivity contribution in [3.8, 4) is 0 Å². The molecule has 3 nitrogen and oxygen atoms in total. The standard InChI is InChI=1S/C13H25NO2/c1-6-11(7-2)9-8-10-14-12(15)16-13(3,4)5/h8-9,11H,6-7,10H2,1-5H3,(H,14,15)/b9-8-. The normalized spacial score (nSPS) is 12.1. The van der Waals surface area contributed by atoms with Crippen LogP contribution in [-0.2, 0) is 4.74 Å². The highest BCUT2D eigenvalue weighted by Crippen LogP contribution is 2.08. The van der Waals surface area contributed by atoms with Crippen molar-refractivity contribution in [1.29, 1.82) is 0 Å². The van der Waals surface area contributed by atoms with Crippen molar-refractivity contribution in [2.24, 2.45) is 5.92 Å². The molecule has 3 heteroatoms. The molecule has 0 unspecified atom stereocenters. The number of carbonyl (C=O) groups is 1.